The van der Waals surface area contributed by atoms with Crippen LogP contribution < -0.4 is 5.32 Å². The quantitative estimate of drug-likeness (QED) is 0.885. The van der Waals surface area contributed by atoms with E-state index in [1.54, 1.807) is 30.3 Å². The van der Waals surface area contributed by atoms with Crippen molar-refractivity contribution >= 4 is 11.9 Å². The first-order valence-electron chi connectivity index (χ1n) is 6.07. The molecule has 104 valence electrons. The van der Waals surface area contributed by atoms with Gasteiger partial charge in [0.2, 0.25) is 0 Å². The molecule has 0 unspecified atom stereocenters. The van der Waals surface area contributed by atoms with Crippen LogP contribution in [0.15, 0.2) is 42.6 Å². The van der Waals surface area contributed by atoms with E-state index in [2.05, 4.69) is 10.3 Å². The fraction of sp³-hybridized carbons (Fsp3) is 0.0667. The van der Waals surface area contributed by atoms with Crippen molar-refractivity contribution in [1.82, 2.24) is 10.3 Å². The second-order valence-corrected chi connectivity index (χ2v) is 4.23. The normalized spacial score (nSPS) is 9.67. The molecule has 2 aromatic rings. The summed E-state index contributed by atoms with van der Waals surface area (Å²) in [6.07, 6.45) is 1.41. The van der Waals surface area contributed by atoms with Crippen LogP contribution in [0.1, 0.15) is 32.0 Å². The van der Waals surface area contributed by atoms with Gasteiger partial charge >= 0.3 is 5.97 Å². The van der Waals surface area contributed by atoms with Crippen molar-refractivity contribution in [1.29, 1.82) is 5.26 Å². The minimum Gasteiger partial charge on any atom is -0.477 e. The second-order valence-electron chi connectivity index (χ2n) is 4.23. The SMILES string of the molecule is N#Cc1ccc(C(=O)NCc2ccc(C(=O)O)nc2)cc1. The molecule has 6 heteroatoms. The molecule has 0 bridgehead atoms. The second kappa shape index (κ2) is 6.30. The summed E-state index contributed by atoms with van der Waals surface area (Å²) in [7, 11) is 0. The van der Waals surface area contributed by atoms with Crippen molar-refractivity contribution < 1.29 is 14.7 Å². The van der Waals surface area contributed by atoms with E-state index in [9.17, 15) is 9.59 Å². The van der Waals surface area contributed by atoms with Crippen molar-refractivity contribution in [3.05, 3.63) is 65.0 Å². The molecule has 0 aliphatic rings. The predicted octanol–water partition coefficient (Wildman–Crippen LogP) is 1.58. The Morgan fingerprint density at radius 2 is 1.90 bits per heavy atom. The van der Waals surface area contributed by atoms with Gasteiger partial charge in [0.15, 0.2) is 0 Å². The van der Waals surface area contributed by atoms with Crippen LogP contribution in [0.5, 0.6) is 0 Å². The Kier molecular flexibility index (Phi) is 4.26. The summed E-state index contributed by atoms with van der Waals surface area (Å²) < 4.78 is 0. The van der Waals surface area contributed by atoms with Crippen molar-refractivity contribution in [3.63, 3.8) is 0 Å². The van der Waals surface area contributed by atoms with Gasteiger partial charge in [-0.15, -0.1) is 0 Å². The van der Waals surface area contributed by atoms with Gasteiger partial charge in [-0.3, -0.25) is 4.79 Å². The van der Waals surface area contributed by atoms with Crippen molar-refractivity contribution in [3.8, 4) is 6.07 Å². The molecule has 0 saturated heterocycles. The van der Waals surface area contributed by atoms with E-state index in [0.717, 1.165) is 0 Å². The third kappa shape index (κ3) is 3.64. The van der Waals surface area contributed by atoms with Crippen LogP contribution in [-0.2, 0) is 6.54 Å². The summed E-state index contributed by atoms with van der Waals surface area (Å²) in [4.78, 5) is 26.3. The number of aromatic nitrogens is 1. The number of carboxylic acid groups (broad SMARTS) is 1. The lowest BCUT2D eigenvalue weighted by Crippen LogP contribution is -2.22. The molecular formula is C15H11N3O3. The Labute approximate surface area is 120 Å². The van der Waals surface area contributed by atoms with E-state index in [0.29, 0.717) is 16.7 Å². The zero-order valence-electron chi connectivity index (χ0n) is 10.9. The lowest BCUT2D eigenvalue weighted by Gasteiger charge is -2.05. The van der Waals surface area contributed by atoms with E-state index >= 15 is 0 Å². The topological polar surface area (TPSA) is 103 Å². The van der Waals surface area contributed by atoms with Crippen molar-refractivity contribution in [2.45, 2.75) is 6.54 Å². The van der Waals surface area contributed by atoms with Crippen LogP contribution in [0.25, 0.3) is 0 Å². The number of carboxylic acids is 1. The molecule has 1 amide bonds. The van der Waals surface area contributed by atoms with Gasteiger partial charge in [-0.2, -0.15) is 5.26 Å². The van der Waals surface area contributed by atoms with Gasteiger partial charge < -0.3 is 10.4 Å². The minimum atomic E-state index is -1.09. The van der Waals surface area contributed by atoms with Gasteiger partial charge in [0.25, 0.3) is 5.91 Å². The average Bonchev–Trinajstić information content (AvgIpc) is 2.53. The highest BCUT2D eigenvalue weighted by molar-refractivity contribution is 5.94. The molecule has 1 heterocycles. The number of amides is 1. The summed E-state index contributed by atoms with van der Waals surface area (Å²) in [5.74, 6) is -1.37. The maximum atomic E-state index is 11.9. The maximum absolute atomic E-state index is 11.9. The first kappa shape index (κ1) is 14.2. The first-order chi connectivity index (χ1) is 10.1. The van der Waals surface area contributed by atoms with Crippen LogP contribution in [0.4, 0.5) is 0 Å². The van der Waals surface area contributed by atoms with Gasteiger partial charge in [0.05, 0.1) is 11.6 Å². The van der Waals surface area contributed by atoms with Crippen molar-refractivity contribution in [2.24, 2.45) is 0 Å². The molecule has 1 aromatic heterocycles. The zero-order chi connectivity index (χ0) is 15.2. The molecule has 0 saturated carbocycles. The Hall–Kier alpha value is -3.20. The molecule has 0 fully saturated rings. The molecule has 2 N–H and O–H groups in total. The fourth-order valence-corrected chi connectivity index (χ4v) is 1.64. The highest BCUT2D eigenvalue weighted by Crippen LogP contribution is 2.04. The Bertz CT molecular complexity index is 700. The van der Waals surface area contributed by atoms with Crippen LogP contribution >= 0.6 is 0 Å². The van der Waals surface area contributed by atoms with E-state index < -0.39 is 5.97 Å². The fourth-order valence-electron chi connectivity index (χ4n) is 1.64. The first-order valence-corrected chi connectivity index (χ1v) is 6.07. The molecule has 21 heavy (non-hydrogen) atoms. The van der Waals surface area contributed by atoms with Gasteiger partial charge in [0.1, 0.15) is 5.69 Å². The molecule has 0 aliphatic heterocycles. The lowest BCUT2D eigenvalue weighted by atomic mass is 10.1. The summed E-state index contributed by atoms with van der Waals surface area (Å²) in [6.45, 7) is 0.242. The largest absolute Gasteiger partial charge is 0.477 e. The summed E-state index contributed by atoms with van der Waals surface area (Å²) in [5.41, 5.74) is 1.59. The van der Waals surface area contributed by atoms with Crippen LogP contribution in [0, 0.1) is 11.3 Å². The van der Waals surface area contributed by atoms with Crippen LogP contribution in [-0.4, -0.2) is 22.0 Å². The summed E-state index contributed by atoms with van der Waals surface area (Å²) in [5, 5.41) is 20.1. The van der Waals surface area contributed by atoms with Crippen molar-refractivity contribution in [2.75, 3.05) is 0 Å². The van der Waals surface area contributed by atoms with E-state index in [4.69, 9.17) is 10.4 Å². The number of nitrogens with one attached hydrogen (secondary N) is 1. The number of aromatic carboxylic acids is 1. The number of carbonyl (C=O) groups is 2. The molecule has 0 aliphatic carbocycles. The standard InChI is InChI=1S/C15H11N3O3/c16-7-10-1-4-12(5-2-10)14(19)18-9-11-3-6-13(15(20)21)17-8-11/h1-6,8H,9H2,(H,18,19)(H,20,21). The van der Waals surface area contributed by atoms with E-state index in [-0.39, 0.29) is 18.1 Å². The summed E-state index contributed by atoms with van der Waals surface area (Å²) >= 11 is 0. The number of hydrogen-bond donors (Lipinski definition) is 2. The molecule has 0 atom stereocenters. The molecule has 6 nitrogen and oxygen atoms in total. The lowest BCUT2D eigenvalue weighted by molar-refractivity contribution is 0.0690. The molecule has 0 radical (unpaired) electrons. The number of benzene rings is 1. The molecule has 1 aromatic carbocycles. The Balaban J connectivity index is 1.97. The third-order valence-corrected chi connectivity index (χ3v) is 2.77. The highest BCUT2D eigenvalue weighted by Gasteiger charge is 2.07. The number of rotatable bonds is 4. The van der Waals surface area contributed by atoms with E-state index in [1.807, 2.05) is 6.07 Å². The summed E-state index contributed by atoms with van der Waals surface area (Å²) in [6, 6.07) is 11.2. The Morgan fingerprint density at radius 3 is 2.43 bits per heavy atom. The number of carbonyl (C=O) groups excluding carboxylic acids is 1. The average molecular weight is 281 g/mol. The smallest absolute Gasteiger partial charge is 0.354 e. The highest BCUT2D eigenvalue weighted by atomic mass is 16.4. The Morgan fingerprint density at radius 1 is 1.19 bits per heavy atom. The number of pyridine rings is 1. The molecule has 2 rings (SSSR count). The van der Waals surface area contributed by atoms with Gasteiger partial charge in [0, 0.05) is 18.3 Å². The van der Waals surface area contributed by atoms with E-state index in [1.165, 1.54) is 12.3 Å². The zero-order valence-corrected chi connectivity index (χ0v) is 10.9. The predicted molar refractivity (Wildman–Crippen MR) is 73.5 cm³/mol. The third-order valence-electron chi connectivity index (χ3n) is 2.77. The number of nitriles is 1. The van der Waals surface area contributed by atoms with Crippen LogP contribution in [0.3, 0.4) is 0 Å². The molecular weight excluding hydrogens is 270 g/mol. The number of nitrogens with zero attached hydrogens (tertiary/aromatic N) is 2. The van der Waals surface area contributed by atoms with Gasteiger partial charge in [-0.1, -0.05) is 6.07 Å². The van der Waals surface area contributed by atoms with Crippen LogP contribution in [0.2, 0.25) is 0 Å². The van der Waals surface area contributed by atoms with Gasteiger partial charge in [-0.05, 0) is 35.9 Å². The monoisotopic (exact) mass is 281 g/mol. The minimum absolute atomic E-state index is 0.0443. The number of hydrogen-bond acceptors (Lipinski definition) is 4. The molecule has 0 spiro atoms. The van der Waals surface area contributed by atoms with Gasteiger partial charge in [-0.25, -0.2) is 9.78 Å². The maximum Gasteiger partial charge on any atom is 0.354 e.